The van der Waals surface area contributed by atoms with Crippen LogP contribution in [-0.2, 0) is 4.79 Å². The lowest BCUT2D eigenvalue weighted by molar-refractivity contribution is -0.143. The molecule has 1 spiro atoms. The number of piperidine rings is 1. The minimum Gasteiger partial charge on any atom is -0.345 e. The van der Waals surface area contributed by atoms with Gasteiger partial charge in [0, 0.05) is 32.1 Å². The molecular weight excluding hydrogens is 292 g/mol. The van der Waals surface area contributed by atoms with Gasteiger partial charge in [-0.25, -0.2) is 0 Å². The average Bonchev–Trinajstić information content (AvgIpc) is 3.17. The van der Waals surface area contributed by atoms with E-state index in [1.54, 1.807) is 9.80 Å². The number of nitrogens with one attached hydrogen (secondary N) is 1. The second kappa shape index (κ2) is 5.08. The van der Waals surface area contributed by atoms with Crippen molar-refractivity contribution in [1.29, 1.82) is 0 Å². The summed E-state index contributed by atoms with van der Waals surface area (Å²) in [5.41, 5.74) is 0.932. The molecule has 0 radical (unpaired) electrons. The highest BCUT2D eigenvalue weighted by Gasteiger charge is 2.48. The molecular formula is C17H20N4O2. The molecule has 4 rings (SSSR count). The molecule has 3 heterocycles. The number of rotatable bonds is 1. The van der Waals surface area contributed by atoms with Crippen molar-refractivity contribution in [3.05, 3.63) is 30.0 Å². The Labute approximate surface area is 134 Å². The van der Waals surface area contributed by atoms with Gasteiger partial charge in [-0.05, 0) is 25.3 Å². The molecule has 120 valence electrons. The van der Waals surface area contributed by atoms with Crippen LogP contribution in [-0.4, -0.2) is 58.5 Å². The number of fused-ring (bicyclic) bond motifs is 1. The van der Waals surface area contributed by atoms with Crippen molar-refractivity contribution in [2.24, 2.45) is 5.41 Å². The van der Waals surface area contributed by atoms with E-state index in [1.165, 1.54) is 0 Å². The maximum Gasteiger partial charge on any atom is 0.275 e. The minimum absolute atomic E-state index is 0.0830. The fourth-order valence-corrected chi connectivity index (χ4v) is 3.97. The van der Waals surface area contributed by atoms with Crippen molar-refractivity contribution in [3.63, 3.8) is 0 Å². The molecule has 2 aliphatic rings. The Morgan fingerprint density at radius 1 is 1.26 bits per heavy atom. The molecule has 6 nitrogen and oxygen atoms in total. The van der Waals surface area contributed by atoms with Crippen LogP contribution in [0.2, 0.25) is 0 Å². The van der Waals surface area contributed by atoms with Crippen LogP contribution in [0.1, 0.15) is 29.8 Å². The zero-order valence-electron chi connectivity index (χ0n) is 13.2. The predicted molar refractivity (Wildman–Crippen MR) is 85.9 cm³/mol. The van der Waals surface area contributed by atoms with Crippen molar-refractivity contribution in [1.82, 2.24) is 20.0 Å². The third kappa shape index (κ3) is 2.12. The molecule has 0 saturated carbocycles. The van der Waals surface area contributed by atoms with Crippen LogP contribution in [0.3, 0.4) is 0 Å². The SMILES string of the molecule is CN1CCC[C@@]2(CCN(C(=O)c3n[nH]c4ccccc34)C2)C1=O. The van der Waals surface area contributed by atoms with Gasteiger partial charge in [0.15, 0.2) is 5.69 Å². The van der Waals surface area contributed by atoms with Gasteiger partial charge >= 0.3 is 0 Å². The van der Waals surface area contributed by atoms with E-state index < -0.39 is 0 Å². The summed E-state index contributed by atoms with van der Waals surface area (Å²) >= 11 is 0. The number of hydrogen-bond acceptors (Lipinski definition) is 3. The summed E-state index contributed by atoms with van der Waals surface area (Å²) < 4.78 is 0. The van der Waals surface area contributed by atoms with Crippen LogP contribution in [0, 0.1) is 5.41 Å². The van der Waals surface area contributed by atoms with Crippen LogP contribution in [0.25, 0.3) is 10.9 Å². The minimum atomic E-state index is -0.380. The van der Waals surface area contributed by atoms with Crippen molar-refractivity contribution < 1.29 is 9.59 Å². The van der Waals surface area contributed by atoms with Crippen LogP contribution in [0.5, 0.6) is 0 Å². The van der Waals surface area contributed by atoms with Gasteiger partial charge in [-0.1, -0.05) is 18.2 Å². The fraction of sp³-hybridized carbons (Fsp3) is 0.471. The van der Waals surface area contributed by atoms with E-state index in [9.17, 15) is 9.59 Å². The number of hydrogen-bond donors (Lipinski definition) is 1. The normalized spacial score (nSPS) is 24.8. The van der Waals surface area contributed by atoms with E-state index >= 15 is 0 Å². The highest BCUT2D eigenvalue weighted by atomic mass is 16.2. The van der Waals surface area contributed by atoms with Crippen molar-refractivity contribution >= 4 is 22.7 Å². The van der Waals surface area contributed by atoms with Crippen LogP contribution >= 0.6 is 0 Å². The lowest BCUT2D eigenvalue weighted by Crippen LogP contribution is -2.48. The zero-order chi connectivity index (χ0) is 16.0. The number of H-pyrrole nitrogens is 1. The third-order valence-electron chi connectivity index (χ3n) is 5.26. The first-order valence-electron chi connectivity index (χ1n) is 8.09. The molecule has 2 aromatic rings. The maximum absolute atomic E-state index is 12.9. The van der Waals surface area contributed by atoms with E-state index in [4.69, 9.17) is 0 Å². The molecule has 6 heteroatoms. The van der Waals surface area contributed by atoms with Crippen molar-refractivity contribution in [2.45, 2.75) is 19.3 Å². The third-order valence-corrected chi connectivity index (χ3v) is 5.26. The smallest absolute Gasteiger partial charge is 0.275 e. The number of likely N-dealkylation sites (tertiary alicyclic amines) is 2. The summed E-state index contributed by atoms with van der Waals surface area (Å²) in [4.78, 5) is 29.0. The molecule has 2 fully saturated rings. The fourth-order valence-electron chi connectivity index (χ4n) is 3.97. The molecule has 23 heavy (non-hydrogen) atoms. The summed E-state index contributed by atoms with van der Waals surface area (Å²) in [6.07, 6.45) is 2.64. The number of aromatic amines is 1. The first kappa shape index (κ1) is 14.2. The highest BCUT2D eigenvalue weighted by molar-refractivity contribution is 6.05. The molecule has 0 bridgehead atoms. The molecule has 1 aromatic carbocycles. The number of carbonyl (C=O) groups excluding carboxylic acids is 2. The van der Waals surface area contributed by atoms with Gasteiger partial charge in [0.25, 0.3) is 5.91 Å². The Morgan fingerprint density at radius 2 is 2.09 bits per heavy atom. The summed E-state index contributed by atoms with van der Waals surface area (Å²) in [6, 6.07) is 7.62. The van der Waals surface area contributed by atoms with E-state index in [0.717, 1.165) is 36.7 Å². The van der Waals surface area contributed by atoms with Crippen LogP contribution in [0.4, 0.5) is 0 Å². The lowest BCUT2D eigenvalue weighted by atomic mass is 9.78. The van der Waals surface area contributed by atoms with Gasteiger partial charge in [0.05, 0.1) is 10.9 Å². The standard InChI is InChI=1S/C17H20N4O2/c1-20-9-4-7-17(16(20)23)8-10-21(11-17)15(22)14-12-5-2-3-6-13(12)18-19-14/h2-3,5-6H,4,7-11H2,1H3,(H,18,19)/t17-/m0/s1. The summed E-state index contributed by atoms with van der Waals surface area (Å²) in [6.45, 7) is 1.95. The molecule has 2 aliphatic heterocycles. The Kier molecular flexibility index (Phi) is 3.14. The second-order valence-electron chi connectivity index (χ2n) is 6.71. The monoisotopic (exact) mass is 312 g/mol. The topological polar surface area (TPSA) is 69.3 Å². The average molecular weight is 312 g/mol. The Morgan fingerprint density at radius 3 is 2.96 bits per heavy atom. The quantitative estimate of drug-likeness (QED) is 0.870. The number of aromatic nitrogens is 2. The van der Waals surface area contributed by atoms with E-state index in [1.807, 2.05) is 31.3 Å². The van der Waals surface area contributed by atoms with Crippen LogP contribution in [0.15, 0.2) is 24.3 Å². The number of carbonyl (C=O) groups is 2. The number of amides is 2. The molecule has 1 N–H and O–H groups in total. The number of benzene rings is 1. The summed E-state index contributed by atoms with van der Waals surface area (Å²) in [5, 5.41) is 7.94. The lowest BCUT2D eigenvalue weighted by Gasteiger charge is -2.37. The van der Waals surface area contributed by atoms with Gasteiger partial charge in [-0.3, -0.25) is 14.7 Å². The Bertz CT molecular complexity index is 784. The zero-order valence-corrected chi connectivity index (χ0v) is 13.2. The highest BCUT2D eigenvalue weighted by Crippen LogP contribution is 2.40. The second-order valence-corrected chi connectivity index (χ2v) is 6.71. The van der Waals surface area contributed by atoms with Crippen molar-refractivity contribution in [2.75, 3.05) is 26.7 Å². The molecule has 2 amide bonds. The summed E-state index contributed by atoms with van der Waals surface area (Å²) in [5.74, 6) is 0.103. The summed E-state index contributed by atoms with van der Waals surface area (Å²) in [7, 11) is 1.86. The Balaban J connectivity index is 1.60. The first-order valence-corrected chi connectivity index (χ1v) is 8.09. The first-order chi connectivity index (χ1) is 11.1. The molecule has 2 saturated heterocycles. The van der Waals surface area contributed by atoms with E-state index in [2.05, 4.69) is 10.2 Å². The van der Waals surface area contributed by atoms with E-state index in [0.29, 0.717) is 18.8 Å². The van der Waals surface area contributed by atoms with Crippen LogP contribution < -0.4 is 0 Å². The Hall–Kier alpha value is -2.37. The van der Waals surface area contributed by atoms with E-state index in [-0.39, 0.29) is 17.2 Å². The van der Waals surface area contributed by atoms with Gasteiger partial charge in [-0.15, -0.1) is 0 Å². The molecule has 1 atom stereocenters. The molecule has 1 aromatic heterocycles. The maximum atomic E-state index is 12.9. The number of nitrogens with zero attached hydrogens (tertiary/aromatic N) is 3. The van der Waals surface area contributed by atoms with Crippen molar-refractivity contribution in [3.8, 4) is 0 Å². The van der Waals surface area contributed by atoms with Gasteiger partial charge in [-0.2, -0.15) is 5.10 Å². The number of para-hydroxylation sites is 1. The largest absolute Gasteiger partial charge is 0.345 e. The molecule has 0 unspecified atom stereocenters. The predicted octanol–water partition coefficient (Wildman–Crippen LogP) is 1.65. The van der Waals surface area contributed by atoms with Gasteiger partial charge < -0.3 is 9.80 Å². The molecule has 0 aliphatic carbocycles. The van der Waals surface area contributed by atoms with Gasteiger partial charge in [0.1, 0.15) is 0 Å². The van der Waals surface area contributed by atoms with Gasteiger partial charge in [0.2, 0.25) is 5.91 Å².